The first-order valence-corrected chi connectivity index (χ1v) is 9.74. The average Bonchev–Trinajstić information content (AvgIpc) is 3.02. The van der Waals surface area contributed by atoms with Crippen LogP contribution in [0.1, 0.15) is 24.2 Å². The first kappa shape index (κ1) is 17.4. The monoisotopic (exact) mass is 355 g/mol. The SMILES string of the molecule is Cc1cc(C)n(-c2ccc(N3CCN(CC4CCNCC4)CC3)nn2)n1. The van der Waals surface area contributed by atoms with Crippen LogP contribution in [0.5, 0.6) is 0 Å². The summed E-state index contributed by atoms with van der Waals surface area (Å²) < 4.78 is 1.85. The summed E-state index contributed by atoms with van der Waals surface area (Å²) in [6.07, 6.45) is 2.64. The minimum absolute atomic E-state index is 0.781. The zero-order chi connectivity index (χ0) is 17.9. The van der Waals surface area contributed by atoms with Gasteiger partial charge in [-0.2, -0.15) is 5.10 Å². The van der Waals surface area contributed by atoms with Crippen LogP contribution in [0.3, 0.4) is 0 Å². The Balaban J connectivity index is 1.33. The summed E-state index contributed by atoms with van der Waals surface area (Å²) in [4.78, 5) is 4.96. The molecule has 4 heterocycles. The van der Waals surface area contributed by atoms with Crippen LogP contribution in [-0.4, -0.2) is 70.7 Å². The normalized spacial score (nSPS) is 19.8. The van der Waals surface area contributed by atoms with Crippen LogP contribution in [-0.2, 0) is 0 Å². The molecule has 0 bridgehead atoms. The van der Waals surface area contributed by atoms with Gasteiger partial charge < -0.3 is 10.2 Å². The van der Waals surface area contributed by atoms with Crippen LogP contribution in [0.2, 0.25) is 0 Å². The Kier molecular flexibility index (Phi) is 5.17. The second-order valence-electron chi connectivity index (χ2n) is 7.57. The molecule has 1 N–H and O–H groups in total. The third-order valence-corrected chi connectivity index (χ3v) is 5.53. The number of aromatic nitrogens is 4. The maximum atomic E-state index is 4.48. The van der Waals surface area contributed by atoms with Crippen LogP contribution in [0, 0.1) is 19.8 Å². The molecule has 0 spiro atoms. The van der Waals surface area contributed by atoms with Gasteiger partial charge in [-0.25, -0.2) is 4.68 Å². The standard InChI is InChI=1S/C19H29N7/c1-15-13-16(2)26(23-15)19-4-3-18(21-22-19)25-11-9-24(10-12-25)14-17-5-7-20-8-6-17/h3-4,13,17,20H,5-12,14H2,1-2H3. The van der Waals surface area contributed by atoms with Gasteiger partial charge in [-0.05, 0) is 63.9 Å². The lowest BCUT2D eigenvalue weighted by Crippen LogP contribution is -2.49. The molecule has 0 amide bonds. The summed E-state index contributed by atoms with van der Waals surface area (Å²) in [6, 6.07) is 6.14. The predicted molar refractivity (Wildman–Crippen MR) is 103 cm³/mol. The van der Waals surface area contributed by atoms with E-state index < -0.39 is 0 Å². The molecule has 0 aliphatic carbocycles. The number of nitrogens with zero attached hydrogens (tertiary/aromatic N) is 6. The molecule has 140 valence electrons. The van der Waals surface area contributed by atoms with Gasteiger partial charge in [-0.1, -0.05) is 0 Å². The highest BCUT2D eigenvalue weighted by Gasteiger charge is 2.22. The van der Waals surface area contributed by atoms with E-state index in [4.69, 9.17) is 0 Å². The lowest BCUT2D eigenvalue weighted by Gasteiger charge is -2.37. The molecule has 0 saturated carbocycles. The fourth-order valence-electron chi connectivity index (χ4n) is 4.05. The first-order chi connectivity index (χ1) is 12.7. The highest BCUT2D eigenvalue weighted by atomic mass is 15.4. The van der Waals surface area contributed by atoms with Crippen molar-refractivity contribution in [1.29, 1.82) is 0 Å². The van der Waals surface area contributed by atoms with Crippen molar-refractivity contribution in [3.63, 3.8) is 0 Å². The molecule has 0 atom stereocenters. The fourth-order valence-corrected chi connectivity index (χ4v) is 4.05. The van der Waals surface area contributed by atoms with Gasteiger partial charge in [0.05, 0.1) is 5.69 Å². The fraction of sp³-hybridized carbons (Fsp3) is 0.632. The predicted octanol–water partition coefficient (Wildman–Crippen LogP) is 1.40. The number of rotatable bonds is 4. The Labute approximate surface area is 155 Å². The van der Waals surface area contributed by atoms with Crippen LogP contribution in [0.15, 0.2) is 18.2 Å². The maximum absolute atomic E-state index is 4.48. The van der Waals surface area contributed by atoms with E-state index in [2.05, 4.69) is 42.5 Å². The molecular weight excluding hydrogens is 326 g/mol. The van der Waals surface area contributed by atoms with E-state index in [1.807, 2.05) is 24.6 Å². The highest BCUT2D eigenvalue weighted by molar-refractivity contribution is 5.40. The molecule has 26 heavy (non-hydrogen) atoms. The molecular formula is C19H29N7. The van der Waals surface area contributed by atoms with E-state index in [-0.39, 0.29) is 0 Å². The van der Waals surface area contributed by atoms with E-state index in [1.54, 1.807) is 0 Å². The van der Waals surface area contributed by atoms with Gasteiger partial charge in [-0.15, -0.1) is 10.2 Å². The Morgan fingerprint density at radius 1 is 1.00 bits per heavy atom. The van der Waals surface area contributed by atoms with Crippen molar-refractivity contribution in [2.45, 2.75) is 26.7 Å². The number of hydrogen-bond donors (Lipinski definition) is 1. The van der Waals surface area contributed by atoms with E-state index >= 15 is 0 Å². The molecule has 0 radical (unpaired) electrons. The van der Waals surface area contributed by atoms with Crippen molar-refractivity contribution >= 4 is 5.82 Å². The number of hydrogen-bond acceptors (Lipinski definition) is 6. The van der Waals surface area contributed by atoms with Gasteiger partial charge in [0.1, 0.15) is 0 Å². The van der Waals surface area contributed by atoms with E-state index in [9.17, 15) is 0 Å². The number of piperidine rings is 1. The van der Waals surface area contributed by atoms with Gasteiger partial charge in [-0.3, -0.25) is 4.90 Å². The van der Waals surface area contributed by atoms with Gasteiger partial charge >= 0.3 is 0 Å². The first-order valence-electron chi connectivity index (χ1n) is 9.74. The minimum atomic E-state index is 0.781. The number of piperazine rings is 1. The van der Waals surface area contributed by atoms with E-state index in [0.29, 0.717) is 0 Å². The molecule has 2 fully saturated rings. The van der Waals surface area contributed by atoms with Gasteiger partial charge in [0.15, 0.2) is 11.6 Å². The number of nitrogens with one attached hydrogen (secondary N) is 1. The van der Waals surface area contributed by atoms with Crippen LogP contribution in [0.25, 0.3) is 5.82 Å². The lowest BCUT2D eigenvalue weighted by atomic mass is 9.97. The topological polar surface area (TPSA) is 62.1 Å². The summed E-state index contributed by atoms with van der Waals surface area (Å²) in [5, 5.41) is 16.8. The zero-order valence-electron chi connectivity index (χ0n) is 15.9. The van der Waals surface area contributed by atoms with Crippen molar-refractivity contribution in [3.05, 3.63) is 29.6 Å². The molecule has 2 aliphatic rings. The van der Waals surface area contributed by atoms with Gasteiger partial charge in [0.2, 0.25) is 0 Å². The average molecular weight is 355 g/mol. The van der Waals surface area contributed by atoms with Crippen LogP contribution < -0.4 is 10.2 Å². The summed E-state index contributed by atoms with van der Waals surface area (Å²) >= 11 is 0. The quantitative estimate of drug-likeness (QED) is 0.895. The smallest absolute Gasteiger partial charge is 0.176 e. The van der Waals surface area contributed by atoms with Crippen LogP contribution in [0.4, 0.5) is 5.82 Å². The molecule has 4 rings (SSSR count). The Bertz CT molecular complexity index is 710. The van der Waals surface area contributed by atoms with Crippen molar-refractivity contribution < 1.29 is 0 Å². The molecule has 7 nitrogen and oxygen atoms in total. The van der Waals surface area contributed by atoms with Crippen molar-refractivity contribution in [2.24, 2.45) is 5.92 Å². The molecule has 0 aromatic carbocycles. The van der Waals surface area contributed by atoms with E-state index in [1.165, 1.54) is 32.5 Å². The van der Waals surface area contributed by atoms with E-state index in [0.717, 1.165) is 55.1 Å². The Hall–Kier alpha value is -1.99. The third kappa shape index (κ3) is 3.88. The molecule has 0 unspecified atom stereocenters. The molecule has 2 aromatic heterocycles. The number of aryl methyl sites for hydroxylation is 2. The third-order valence-electron chi connectivity index (χ3n) is 5.53. The zero-order valence-corrected chi connectivity index (χ0v) is 15.9. The van der Waals surface area contributed by atoms with Crippen molar-refractivity contribution in [2.75, 3.05) is 50.7 Å². The summed E-state index contributed by atoms with van der Waals surface area (Å²) in [5.41, 5.74) is 2.08. The largest absolute Gasteiger partial charge is 0.353 e. The second-order valence-corrected chi connectivity index (χ2v) is 7.57. The molecule has 2 aromatic rings. The summed E-state index contributed by atoms with van der Waals surface area (Å²) in [5.74, 6) is 2.61. The molecule has 7 heteroatoms. The highest BCUT2D eigenvalue weighted by Crippen LogP contribution is 2.18. The van der Waals surface area contributed by atoms with Gasteiger partial charge in [0.25, 0.3) is 0 Å². The van der Waals surface area contributed by atoms with Crippen molar-refractivity contribution in [3.8, 4) is 5.82 Å². The summed E-state index contributed by atoms with van der Waals surface area (Å²) in [6.45, 7) is 11.9. The Morgan fingerprint density at radius 3 is 2.31 bits per heavy atom. The van der Waals surface area contributed by atoms with Gasteiger partial charge in [0, 0.05) is 38.4 Å². The Morgan fingerprint density at radius 2 is 1.69 bits per heavy atom. The maximum Gasteiger partial charge on any atom is 0.176 e. The minimum Gasteiger partial charge on any atom is -0.353 e. The molecule has 2 saturated heterocycles. The van der Waals surface area contributed by atoms with Crippen molar-refractivity contribution in [1.82, 2.24) is 30.2 Å². The summed E-state index contributed by atoms with van der Waals surface area (Å²) in [7, 11) is 0. The lowest BCUT2D eigenvalue weighted by molar-refractivity contribution is 0.196. The second kappa shape index (κ2) is 7.72. The van der Waals surface area contributed by atoms with Crippen LogP contribution >= 0.6 is 0 Å². The number of anilines is 1. The molecule has 2 aliphatic heterocycles.